The lowest BCUT2D eigenvalue weighted by Gasteiger charge is -2.05. The standard InChI is InChI=1S/C8H14O/c1-8(6-2-3-6)4-7(8)5-9/h6-7,9H,2-5H2,1H3/t7-,8+/m1/s1. The normalized spacial score (nSPS) is 49.3. The van der Waals surface area contributed by atoms with E-state index in [1.807, 2.05) is 0 Å². The minimum absolute atomic E-state index is 0.424. The van der Waals surface area contributed by atoms with Crippen molar-refractivity contribution in [3.8, 4) is 0 Å². The topological polar surface area (TPSA) is 20.2 Å². The van der Waals surface area contributed by atoms with Crippen molar-refractivity contribution in [1.29, 1.82) is 0 Å². The van der Waals surface area contributed by atoms with Gasteiger partial charge in [0.15, 0.2) is 0 Å². The largest absolute Gasteiger partial charge is 0.396 e. The van der Waals surface area contributed by atoms with Crippen LogP contribution in [0.3, 0.4) is 0 Å². The van der Waals surface area contributed by atoms with Crippen LogP contribution in [0.2, 0.25) is 0 Å². The number of rotatable bonds is 2. The van der Waals surface area contributed by atoms with E-state index >= 15 is 0 Å². The fraction of sp³-hybridized carbons (Fsp3) is 1.00. The molecule has 0 spiro atoms. The van der Waals surface area contributed by atoms with Gasteiger partial charge in [0, 0.05) is 6.61 Å². The van der Waals surface area contributed by atoms with E-state index < -0.39 is 0 Å². The molecule has 0 aromatic rings. The minimum atomic E-state index is 0.424. The second-order valence-corrected chi connectivity index (χ2v) is 3.86. The summed E-state index contributed by atoms with van der Waals surface area (Å²) in [6, 6.07) is 0. The second kappa shape index (κ2) is 1.51. The highest BCUT2D eigenvalue weighted by Crippen LogP contribution is 2.64. The van der Waals surface area contributed by atoms with Crippen molar-refractivity contribution in [3.05, 3.63) is 0 Å². The molecule has 52 valence electrons. The van der Waals surface area contributed by atoms with Gasteiger partial charge in [-0.1, -0.05) is 6.92 Å². The van der Waals surface area contributed by atoms with Gasteiger partial charge < -0.3 is 5.11 Å². The summed E-state index contributed by atoms with van der Waals surface area (Å²) in [4.78, 5) is 0. The lowest BCUT2D eigenvalue weighted by atomic mass is 10.0. The SMILES string of the molecule is C[C@@]1(C2CC2)C[C@@H]1CO. The Balaban J connectivity index is 1.95. The molecule has 0 radical (unpaired) electrons. The molecule has 0 bridgehead atoms. The minimum Gasteiger partial charge on any atom is -0.396 e. The van der Waals surface area contributed by atoms with Crippen LogP contribution in [0.5, 0.6) is 0 Å². The molecule has 2 rings (SSSR count). The highest BCUT2D eigenvalue weighted by Gasteiger charge is 2.57. The molecule has 0 aromatic heterocycles. The smallest absolute Gasteiger partial charge is 0.0464 e. The maximum atomic E-state index is 8.82. The summed E-state index contributed by atoms with van der Waals surface area (Å²) in [6.07, 6.45) is 4.13. The lowest BCUT2D eigenvalue weighted by Crippen LogP contribution is -2.02. The third kappa shape index (κ3) is 0.710. The summed E-state index contributed by atoms with van der Waals surface area (Å²) in [7, 11) is 0. The molecule has 0 amide bonds. The summed E-state index contributed by atoms with van der Waals surface area (Å²) in [5, 5.41) is 8.82. The summed E-state index contributed by atoms with van der Waals surface area (Å²) in [5.41, 5.74) is 0.578. The quantitative estimate of drug-likeness (QED) is 0.593. The molecule has 2 saturated carbocycles. The zero-order valence-corrected chi connectivity index (χ0v) is 5.93. The number of aliphatic hydroxyl groups excluding tert-OH is 1. The van der Waals surface area contributed by atoms with Gasteiger partial charge in [0.1, 0.15) is 0 Å². The second-order valence-electron chi connectivity index (χ2n) is 3.86. The molecule has 1 nitrogen and oxygen atoms in total. The average Bonchev–Trinajstić information content (AvgIpc) is 2.54. The number of hydrogen-bond donors (Lipinski definition) is 1. The first kappa shape index (κ1) is 5.72. The van der Waals surface area contributed by atoms with Crippen molar-refractivity contribution >= 4 is 0 Å². The van der Waals surface area contributed by atoms with Gasteiger partial charge in [-0.3, -0.25) is 0 Å². The third-order valence-electron chi connectivity index (χ3n) is 3.19. The molecule has 2 atom stereocenters. The Morgan fingerprint density at radius 3 is 2.56 bits per heavy atom. The first-order valence-corrected chi connectivity index (χ1v) is 3.88. The van der Waals surface area contributed by atoms with Crippen LogP contribution in [-0.2, 0) is 0 Å². The van der Waals surface area contributed by atoms with Crippen molar-refractivity contribution < 1.29 is 5.11 Å². The Bertz CT molecular complexity index is 129. The first-order chi connectivity index (χ1) is 4.27. The lowest BCUT2D eigenvalue weighted by molar-refractivity contribution is 0.245. The van der Waals surface area contributed by atoms with Gasteiger partial charge >= 0.3 is 0 Å². The van der Waals surface area contributed by atoms with Gasteiger partial charge in [-0.05, 0) is 36.5 Å². The molecule has 0 aliphatic heterocycles. The molecule has 9 heavy (non-hydrogen) atoms. The molecular formula is C8H14O. The van der Waals surface area contributed by atoms with Gasteiger partial charge in [-0.2, -0.15) is 0 Å². The summed E-state index contributed by atoms with van der Waals surface area (Å²) >= 11 is 0. The van der Waals surface area contributed by atoms with E-state index in [0.29, 0.717) is 17.9 Å². The Morgan fingerprint density at radius 2 is 2.22 bits per heavy atom. The van der Waals surface area contributed by atoms with E-state index in [1.165, 1.54) is 19.3 Å². The predicted molar refractivity (Wildman–Crippen MR) is 36.0 cm³/mol. The van der Waals surface area contributed by atoms with Crippen molar-refractivity contribution in [3.63, 3.8) is 0 Å². The van der Waals surface area contributed by atoms with E-state index in [2.05, 4.69) is 6.92 Å². The Morgan fingerprint density at radius 1 is 1.56 bits per heavy atom. The van der Waals surface area contributed by atoms with Gasteiger partial charge in [0.05, 0.1) is 0 Å². The van der Waals surface area contributed by atoms with E-state index in [4.69, 9.17) is 5.11 Å². The molecular weight excluding hydrogens is 112 g/mol. The van der Waals surface area contributed by atoms with Gasteiger partial charge in [-0.15, -0.1) is 0 Å². The Hall–Kier alpha value is -0.0400. The molecule has 2 aliphatic carbocycles. The zero-order chi connectivity index (χ0) is 6.48. The average molecular weight is 126 g/mol. The monoisotopic (exact) mass is 126 g/mol. The maximum Gasteiger partial charge on any atom is 0.0464 e. The highest BCUT2D eigenvalue weighted by atomic mass is 16.3. The van der Waals surface area contributed by atoms with Crippen molar-refractivity contribution in [1.82, 2.24) is 0 Å². The maximum absolute atomic E-state index is 8.82. The van der Waals surface area contributed by atoms with E-state index in [9.17, 15) is 0 Å². The van der Waals surface area contributed by atoms with Gasteiger partial charge in [0.25, 0.3) is 0 Å². The fourth-order valence-electron chi connectivity index (χ4n) is 1.99. The van der Waals surface area contributed by atoms with E-state index in [0.717, 1.165) is 5.92 Å². The molecule has 1 heteroatoms. The van der Waals surface area contributed by atoms with Crippen LogP contribution in [0.1, 0.15) is 26.2 Å². The predicted octanol–water partition coefficient (Wildman–Crippen LogP) is 1.41. The van der Waals surface area contributed by atoms with Crippen molar-refractivity contribution in [2.75, 3.05) is 6.61 Å². The van der Waals surface area contributed by atoms with Crippen molar-refractivity contribution in [2.24, 2.45) is 17.3 Å². The Kier molecular flexibility index (Phi) is 0.963. The van der Waals surface area contributed by atoms with Crippen LogP contribution in [0.15, 0.2) is 0 Å². The van der Waals surface area contributed by atoms with E-state index in [1.54, 1.807) is 0 Å². The van der Waals surface area contributed by atoms with Crippen LogP contribution < -0.4 is 0 Å². The molecule has 0 unspecified atom stereocenters. The van der Waals surface area contributed by atoms with Crippen LogP contribution in [0, 0.1) is 17.3 Å². The zero-order valence-electron chi connectivity index (χ0n) is 5.93. The Labute approximate surface area is 56.1 Å². The van der Waals surface area contributed by atoms with Crippen LogP contribution in [0.25, 0.3) is 0 Å². The molecule has 2 fully saturated rings. The van der Waals surface area contributed by atoms with Gasteiger partial charge in [-0.25, -0.2) is 0 Å². The first-order valence-electron chi connectivity index (χ1n) is 3.88. The molecule has 0 heterocycles. The molecule has 1 N–H and O–H groups in total. The van der Waals surface area contributed by atoms with Crippen LogP contribution in [-0.4, -0.2) is 11.7 Å². The molecule has 0 saturated heterocycles. The van der Waals surface area contributed by atoms with E-state index in [-0.39, 0.29) is 0 Å². The summed E-state index contributed by atoms with van der Waals surface area (Å²) in [5.74, 6) is 1.64. The fourth-order valence-corrected chi connectivity index (χ4v) is 1.99. The number of aliphatic hydroxyl groups is 1. The van der Waals surface area contributed by atoms with Crippen LogP contribution >= 0.6 is 0 Å². The highest BCUT2D eigenvalue weighted by molar-refractivity contribution is 5.06. The molecule has 0 aromatic carbocycles. The summed E-state index contributed by atoms with van der Waals surface area (Å²) < 4.78 is 0. The third-order valence-corrected chi connectivity index (χ3v) is 3.19. The van der Waals surface area contributed by atoms with Gasteiger partial charge in [0.2, 0.25) is 0 Å². The van der Waals surface area contributed by atoms with Crippen LogP contribution in [0.4, 0.5) is 0 Å². The molecule has 2 aliphatic rings. The number of hydrogen-bond acceptors (Lipinski definition) is 1. The summed E-state index contributed by atoms with van der Waals surface area (Å²) in [6.45, 7) is 2.75. The van der Waals surface area contributed by atoms with Crippen molar-refractivity contribution in [2.45, 2.75) is 26.2 Å².